The minimum Gasteiger partial charge on any atom is -0.355 e. The zero-order chi connectivity index (χ0) is 16.7. The topological polar surface area (TPSA) is 29.1 Å². The first-order chi connectivity index (χ1) is 11.0. The predicted octanol–water partition coefficient (Wildman–Crippen LogP) is 4.45. The largest absolute Gasteiger partial charge is 0.355 e. The lowest BCUT2D eigenvalue weighted by atomic mass is 10.0. The molecule has 0 radical (unpaired) electrons. The highest BCUT2D eigenvalue weighted by molar-refractivity contribution is 7.99. The van der Waals surface area contributed by atoms with Crippen LogP contribution in [0.5, 0.6) is 0 Å². The zero-order valence-electron chi connectivity index (χ0n) is 14.2. The molecular weight excluding hydrogens is 302 g/mol. The van der Waals surface area contributed by atoms with Crippen molar-refractivity contribution in [1.29, 1.82) is 0 Å². The highest BCUT2D eigenvalue weighted by Gasteiger charge is 2.03. The monoisotopic (exact) mass is 327 g/mol. The second-order valence-corrected chi connectivity index (χ2v) is 7.10. The van der Waals surface area contributed by atoms with Gasteiger partial charge in [0.2, 0.25) is 5.91 Å². The number of aryl methyl sites for hydroxylation is 4. The summed E-state index contributed by atoms with van der Waals surface area (Å²) in [6.07, 6.45) is 1.36. The van der Waals surface area contributed by atoms with Crippen molar-refractivity contribution < 1.29 is 4.79 Å². The summed E-state index contributed by atoms with van der Waals surface area (Å²) in [7, 11) is 0. The fraction of sp³-hybridized carbons (Fsp3) is 0.350. The molecule has 23 heavy (non-hydrogen) atoms. The summed E-state index contributed by atoms with van der Waals surface area (Å²) in [5, 5.41) is 3.00. The molecule has 0 bridgehead atoms. The molecule has 0 aliphatic carbocycles. The van der Waals surface area contributed by atoms with Gasteiger partial charge in [-0.3, -0.25) is 4.79 Å². The van der Waals surface area contributed by atoms with Gasteiger partial charge >= 0.3 is 0 Å². The molecule has 0 unspecified atom stereocenters. The first-order valence-electron chi connectivity index (χ1n) is 8.07. The van der Waals surface area contributed by atoms with E-state index in [0.29, 0.717) is 13.0 Å². The van der Waals surface area contributed by atoms with Gasteiger partial charge in [0.05, 0.1) is 0 Å². The van der Waals surface area contributed by atoms with Gasteiger partial charge in [0.25, 0.3) is 0 Å². The van der Waals surface area contributed by atoms with Crippen LogP contribution in [0.3, 0.4) is 0 Å². The van der Waals surface area contributed by atoms with Crippen LogP contribution in [0.4, 0.5) is 0 Å². The Morgan fingerprint density at radius 1 is 1.00 bits per heavy atom. The summed E-state index contributed by atoms with van der Waals surface area (Å²) in [4.78, 5) is 13.2. The molecule has 2 rings (SSSR count). The van der Waals surface area contributed by atoms with Crippen LogP contribution in [0.2, 0.25) is 0 Å². The number of hydrogen-bond acceptors (Lipinski definition) is 2. The SMILES string of the molecule is Cc1ccc(SCCNC(=O)CCc2ccc(C)c(C)c2)cc1. The molecule has 3 heteroatoms. The molecule has 1 N–H and O–H groups in total. The van der Waals surface area contributed by atoms with Gasteiger partial charge in [0.15, 0.2) is 0 Å². The van der Waals surface area contributed by atoms with Crippen molar-refractivity contribution in [2.75, 3.05) is 12.3 Å². The minimum atomic E-state index is 0.132. The Morgan fingerprint density at radius 2 is 1.74 bits per heavy atom. The summed E-state index contributed by atoms with van der Waals surface area (Å²) >= 11 is 1.77. The lowest BCUT2D eigenvalue weighted by Gasteiger charge is -2.07. The lowest BCUT2D eigenvalue weighted by Crippen LogP contribution is -2.25. The maximum Gasteiger partial charge on any atom is 0.220 e. The van der Waals surface area contributed by atoms with E-state index in [4.69, 9.17) is 0 Å². The molecule has 2 aromatic rings. The van der Waals surface area contributed by atoms with Crippen molar-refractivity contribution in [1.82, 2.24) is 5.32 Å². The number of rotatable bonds is 7. The standard InChI is InChI=1S/C20H25NOS/c1-15-4-9-19(10-5-15)23-13-12-21-20(22)11-8-18-7-6-16(2)17(3)14-18/h4-7,9-10,14H,8,11-13H2,1-3H3,(H,21,22). The van der Waals surface area contributed by atoms with Gasteiger partial charge < -0.3 is 5.32 Å². The summed E-state index contributed by atoms with van der Waals surface area (Å²) < 4.78 is 0. The molecule has 0 fully saturated rings. The molecule has 122 valence electrons. The van der Waals surface area contributed by atoms with E-state index < -0.39 is 0 Å². The molecule has 0 aliphatic heterocycles. The summed E-state index contributed by atoms with van der Waals surface area (Å²) in [5.41, 5.74) is 5.09. The Kier molecular flexibility index (Phi) is 6.72. The number of hydrogen-bond donors (Lipinski definition) is 1. The van der Waals surface area contributed by atoms with E-state index in [2.05, 4.69) is 68.6 Å². The van der Waals surface area contributed by atoms with Gasteiger partial charge in [-0.05, 0) is 56.0 Å². The summed E-state index contributed by atoms with van der Waals surface area (Å²) in [6.45, 7) is 7.02. The molecule has 0 atom stereocenters. The minimum absolute atomic E-state index is 0.132. The number of carbonyl (C=O) groups is 1. The van der Waals surface area contributed by atoms with Crippen LogP contribution >= 0.6 is 11.8 Å². The molecule has 0 saturated heterocycles. The Hall–Kier alpha value is -1.74. The van der Waals surface area contributed by atoms with Gasteiger partial charge in [-0.1, -0.05) is 35.9 Å². The van der Waals surface area contributed by atoms with E-state index in [1.807, 2.05) is 0 Å². The zero-order valence-corrected chi connectivity index (χ0v) is 15.0. The second kappa shape index (κ2) is 8.78. The molecule has 0 aromatic heterocycles. The molecule has 0 saturated carbocycles. The average molecular weight is 327 g/mol. The van der Waals surface area contributed by atoms with Crippen molar-refractivity contribution in [2.45, 2.75) is 38.5 Å². The lowest BCUT2D eigenvalue weighted by molar-refractivity contribution is -0.120. The smallest absolute Gasteiger partial charge is 0.220 e. The van der Waals surface area contributed by atoms with Crippen molar-refractivity contribution in [3.63, 3.8) is 0 Å². The normalized spacial score (nSPS) is 10.6. The van der Waals surface area contributed by atoms with Crippen LogP contribution in [0.15, 0.2) is 47.4 Å². The molecular formula is C20H25NOS. The van der Waals surface area contributed by atoms with Crippen LogP contribution in [-0.2, 0) is 11.2 Å². The maximum atomic E-state index is 11.9. The highest BCUT2D eigenvalue weighted by Crippen LogP contribution is 2.17. The maximum absolute atomic E-state index is 11.9. The van der Waals surface area contributed by atoms with Crippen LogP contribution in [0, 0.1) is 20.8 Å². The van der Waals surface area contributed by atoms with Gasteiger partial charge in [-0.15, -0.1) is 11.8 Å². The molecule has 0 aliphatic rings. The highest BCUT2D eigenvalue weighted by atomic mass is 32.2. The number of carbonyl (C=O) groups excluding carboxylic acids is 1. The van der Waals surface area contributed by atoms with E-state index in [9.17, 15) is 4.79 Å². The van der Waals surface area contributed by atoms with Gasteiger partial charge in [-0.25, -0.2) is 0 Å². The Balaban J connectivity index is 1.65. The molecule has 1 amide bonds. The van der Waals surface area contributed by atoms with E-state index in [1.165, 1.54) is 27.1 Å². The van der Waals surface area contributed by atoms with E-state index in [-0.39, 0.29) is 5.91 Å². The Bertz CT molecular complexity index is 649. The van der Waals surface area contributed by atoms with E-state index in [0.717, 1.165) is 12.2 Å². The number of nitrogens with one attached hydrogen (secondary N) is 1. The molecule has 2 aromatic carbocycles. The predicted molar refractivity (Wildman–Crippen MR) is 99.1 cm³/mol. The molecule has 0 heterocycles. The number of benzene rings is 2. The summed E-state index contributed by atoms with van der Waals surface area (Å²) in [5.74, 6) is 1.03. The Labute approximate surface area is 143 Å². The Morgan fingerprint density at radius 3 is 2.43 bits per heavy atom. The first-order valence-corrected chi connectivity index (χ1v) is 9.05. The number of amides is 1. The van der Waals surface area contributed by atoms with Crippen LogP contribution in [0.1, 0.15) is 28.7 Å². The van der Waals surface area contributed by atoms with E-state index >= 15 is 0 Å². The quantitative estimate of drug-likeness (QED) is 0.601. The number of thioether (sulfide) groups is 1. The van der Waals surface area contributed by atoms with E-state index in [1.54, 1.807) is 11.8 Å². The van der Waals surface area contributed by atoms with Crippen LogP contribution in [0.25, 0.3) is 0 Å². The van der Waals surface area contributed by atoms with Gasteiger partial charge in [0.1, 0.15) is 0 Å². The third-order valence-electron chi connectivity index (χ3n) is 3.93. The third-order valence-corrected chi connectivity index (χ3v) is 4.94. The van der Waals surface area contributed by atoms with Crippen molar-refractivity contribution >= 4 is 17.7 Å². The fourth-order valence-electron chi connectivity index (χ4n) is 2.30. The molecule has 0 spiro atoms. The fourth-order valence-corrected chi connectivity index (χ4v) is 3.07. The van der Waals surface area contributed by atoms with Crippen molar-refractivity contribution in [3.05, 3.63) is 64.7 Å². The molecule has 2 nitrogen and oxygen atoms in total. The van der Waals surface area contributed by atoms with Crippen molar-refractivity contribution in [3.8, 4) is 0 Å². The first kappa shape index (κ1) is 17.6. The third kappa shape index (κ3) is 6.11. The summed E-state index contributed by atoms with van der Waals surface area (Å²) in [6, 6.07) is 14.9. The van der Waals surface area contributed by atoms with Gasteiger partial charge in [0, 0.05) is 23.6 Å². The van der Waals surface area contributed by atoms with Crippen molar-refractivity contribution in [2.24, 2.45) is 0 Å². The second-order valence-electron chi connectivity index (χ2n) is 5.93. The van der Waals surface area contributed by atoms with Gasteiger partial charge in [-0.2, -0.15) is 0 Å². The van der Waals surface area contributed by atoms with Crippen LogP contribution in [-0.4, -0.2) is 18.2 Å². The average Bonchev–Trinajstić information content (AvgIpc) is 2.54. The van der Waals surface area contributed by atoms with Crippen LogP contribution < -0.4 is 5.32 Å².